The second-order valence-electron chi connectivity index (χ2n) is 5.83. The van der Waals surface area contributed by atoms with Gasteiger partial charge >= 0.3 is 0 Å². The minimum absolute atomic E-state index is 0.154. The van der Waals surface area contributed by atoms with Crippen molar-refractivity contribution in [3.8, 4) is 23.0 Å². The molecule has 0 unspecified atom stereocenters. The van der Waals surface area contributed by atoms with E-state index in [-0.39, 0.29) is 18.2 Å². The SMILES string of the molecule is COc1ccc(COc2nc(-c3ccc(F)cc3)nc(C)c2C)cc1F. The summed E-state index contributed by atoms with van der Waals surface area (Å²) in [5.74, 6) is 0.269. The highest BCUT2D eigenvalue weighted by molar-refractivity contribution is 5.56. The molecule has 1 aromatic heterocycles. The van der Waals surface area contributed by atoms with Crippen LogP contribution in [0.2, 0.25) is 0 Å². The van der Waals surface area contributed by atoms with Gasteiger partial charge in [-0.1, -0.05) is 6.07 Å². The zero-order chi connectivity index (χ0) is 18.7. The lowest BCUT2D eigenvalue weighted by atomic mass is 10.2. The molecule has 3 rings (SSSR count). The molecule has 0 aliphatic heterocycles. The Balaban J connectivity index is 1.85. The molecule has 6 heteroatoms. The number of hydrogen-bond acceptors (Lipinski definition) is 4. The average molecular weight is 356 g/mol. The van der Waals surface area contributed by atoms with E-state index in [0.717, 1.165) is 11.3 Å². The van der Waals surface area contributed by atoms with Crippen molar-refractivity contribution >= 4 is 0 Å². The third kappa shape index (κ3) is 3.79. The van der Waals surface area contributed by atoms with Crippen LogP contribution in [0, 0.1) is 25.5 Å². The molecule has 0 fully saturated rings. The molecular formula is C20H18F2N2O2. The van der Waals surface area contributed by atoms with E-state index in [1.54, 1.807) is 24.3 Å². The van der Waals surface area contributed by atoms with E-state index in [4.69, 9.17) is 9.47 Å². The summed E-state index contributed by atoms with van der Waals surface area (Å²) in [5.41, 5.74) is 2.90. The maximum Gasteiger partial charge on any atom is 0.220 e. The first kappa shape index (κ1) is 17.8. The quantitative estimate of drug-likeness (QED) is 0.669. The fourth-order valence-corrected chi connectivity index (χ4v) is 2.42. The number of methoxy groups -OCH3 is 1. The molecule has 26 heavy (non-hydrogen) atoms. The Morgan fingerprint density at radius 2 is 1.69 bits per heavy atom. The van der Waals surface area contributed by atoms with E-state index in [1.165, 1.54) is 25.3 Å². The van der Waals surface area contributed by atoms with Crippen LogP contribution >= 0.6 is 0 Å². The van der Waals surface area contributed by atoms with Gasteiger partial charge in [0.1, 0.15) is 12.4 Å². The third-order valence-corrected chi connectivity index (χ3v) is 4.04. The molecule has 3 aromatic rings. The molecule has 0 N–H and O–H groups in total. The van der Waals surface area contributed by atoms with Gasteiger partial charge in [0, 0.05) is 16.8 Å². The summed E-state index contributed by atoms with van der Waals surface area (Å²) < 4.78 is 37.6. The molecule has 0 saturated carbocycles. The van der Waals surface area contributed by atoms with Crippen molar-refractivity contribution in [1.82, 2.24) is 9.97 Å². The predicted molar refractivity (Wildman–Crippen MR) is 94.2 cm³/mol. The highest BCUT2D eigenvalue weighted by Gasteiger charge is 2.12. The average Bonchev–Trinajstić information content (AvgIpc) is 2.63. The Hall–Kier alpha value is -3.02. The van der Waals surface area contributed by atoms with Crippen LogP contribution in [0.3, 0.4) is 0 Å². The zero-order valence-electron chi connectivity index (χ0n) is 14.7. The minimum Gasteiger partial charge on any atom is -0.494 e. The fraction of sp³-hybridized carbons (Fsp3) is 0.200. The second-order valence-corrected chi connectivity index (χ2v) is 5.83. The van der Waals surface area contributed by atoms with E-state index in [1.807, 2.05) is 13.8 Å². The highest BCUT2D eigenvalue weighted by atomic mass is 19.1. The number of ether oxygens (including phenoxy) is 2. The van der Waals surface area contributed by atoms with E-state index in [9.17, 15) is 8.78 Å². The molecule has 2 aromatic carbocycles. The van der Waals surface area contributed by atoms with E-state index >= 15 is 0 Å². The number of benzene rings is 2. The third-order valence-electron chi connectivity index (χ3n) is 4.04. The largest absolute Gasteiger partial charge is 0.494 e. The lowest BCUT2D eigenvalue weighted by Gasteiger charge is -2.12. The summed E-state index contributed by atoms with van der Waals surface area (Å²) in [6, 6.07) is 10.6. The number of rotatable bonds is 5. The van der Waals surface area contributed by atoms with Crippen LogP contribution in [-0.4, -0.2) is 17.1 Å². The topological polar surface area (TPSA) is 44.2 Å². The van der Waals surface area contributed by atoms with Crippen LogP contribution in [0.4, 0.5) is 8.78 Å². The van der Waals surface area contributed by atoms with Gasteiger partial charge < -0.3 is 9.47 Å². The van der Waals surface area contributed by atoms with E-state index in [2.05, 4.69) is 9.97 Å². The standard InChI is InChI=1S/C20H18F2N2O2/c1-12-13(2)23-19(15-5-7-16(21)8-6-15)24-20(12)26-11-14-4-9-18(25-3)17(22)10-14/h4-10H,11H2,1-3H3. The molecule has 4 nitrogen and oxygen atoms in total. The number of aryl methyl sites for hydroxylation is 1. The number of hydrogen-bond donors (Lipinski definition) is 0. The van der Waals surface area contributed by atoms with Crippen LogP contribution in [0.15, 0.2) is 42.5 Å². The number of nitrogens with zero attached hydrogens (tertiary/aromatic N) is 2. The van der Waals surface area contributed by atoms with Crippen molar-refractivity contribution in [2.45, 2.75) is 20.5 Å². The van der Waals surface area contributed by atoms with Gasteiger partial charge in [-0.3, -0.25) is 0 Å². The van der Waals surface area contributed by atoms with Crippen molar-refractivity contribution in [2.75, 3.05) is 7.11 Å². The van der Waals surface area contributed by atoms with Gasteiger partial charge in [0.25, 0.3) is 0 Å². The Labute approximate surface area is 150 Å². The van der Waals surface area contributed by atoms with Crippen LogP contribution in [-0.2, 0) is 6.61 Å². The summed E-state index contributed by atoms with van der Waals surface area (Å²) in [6.07, 6.45) is 0. The van der Waals surface area contributed by atoms with E-state index < -0.39 is 5.82 Å². The van der Waals surface area contributed by atoms with Gasteiger partial charge in [0.05, 0.1) is 7.11 Å². The molecule has 0 radical (unpaired) electrons. The summed E-state index contributed by atoms with van der Waals surface area (Å²) in [5, 5.41) is 0. The molecule has 0 bridgehead atoms. The minimum atomic E-state index is -0.448. The predicted octanol–water partition coefficient (Wildman–Crippen LogP) is 4.63. The normalized spacial score (nSPS) is 10.7. The van der Waals surface area contributed by atoms with Crippen LogP contribution in [0.5, 0.6) is 11.6 Å². The first-order valence-electron chi connectivity index (χ1n) is 8.04. The Bertz CT molecular complexity index is 928. The first-order valence-corrected chi connectivity index (χ1v) is 8.04. The van der Waals surface area contributed by atoms with Crippen LogP contribution in [0.1, 0.15) is 16.8 Å². The molecule has 0 aliphatic rings. The lowest BCUT2D eigenvalue weighted by Crippen LogP contribution is -2.04. The fourth-order valence-electron chi connectivity index (χ4n) is 2.42. The van der Waals surface area contributed by atoms with Crippen molar-refractivity contribution in [3.63, 3.8) is 0 Å². The van der Waals surface area contributed by atoms with Gasteiger partial charge in [0.2, 0.25) is 5.88 Å². The van der Waals surface area contributed by atoms with Gasteiger partial charge in [0.15, 0.2) is 17.4 Å². The maximum atomic E-state index is 13.8. The first-order chi connectivity index (χ1) is 12.5. The molecule has 0 atom stereocenters. The summed E-state index contributed by atoms with van der Waals surface area (Å²) in [6.45, 7) is 3.86. The van der Waals surface area contributed by atoms with Crippen molar-refractivity contribution in [2.24, 2.45) is 0 Å². The molecule has 0 spiro atoms. The molecule has 0 saturated heterocycles. The van der Waals surface area contributed by atoms with Crippen molar-refractivity contribution in [1.29, 1.82) is 0 Å². The van der Waals surface area contributed by atoms with Crippen LogP contribution < -0.4 is 9.47 Å². The molecule has 1 heterocycles. The van der Waals surface area contributed by atoms with Gasteiger partial charge in [-0.2, -0.15) is 4.98 Å². The maximum absolute atomic E-state index is 13.8. The summed E-state index contributed by atoms with van der Waals surface area (Å²) >= 11 is 0. The Morgan fingerprint density at radius 1 is 0.962 bits per heavy atom. The lowest BCUT2D eigenvalue weighted by molar-refractivity contribution is 0.290. The van der Waals surface area contributed by atoms with Gasteiger partial charge in [-0.05, 0) is 55.8 Å². The Kier molecular flexibility index (Phi) is 5.11. The van der Waals surface area contributed by atoms with E-state index in [0.29, 0.717) is 22.8 Å². The summed E-state index contributed by atoms with van der Waals surface area (Å²) in [7, 11) is 1.42. The van der Waals surface area contributed by atoms with Gasteiger partial charge in [-0.15, -0.1) is 0 Å². The van der Waals surface area contributed by atoms with Gasteiger partial charge in [-0.25, -0.2) is 13.8 Å². The van der Waals surface area contributed by atoms with Crippen molar-refractivity contribution in [3.05, 3.63) is 70.9 Å². The monoisotopic (exact) mass is 356 g/mol. The zero-order valence-corrected chi connectivity index (χ0v) is 14.7. The number of halogens is 2. The molecular weight excluding hydrogens is 338 g/mol. The number of aromatic nitrogens is 2. The Morgan fingerprint density at radius 3 is 2.35 bits per heavy atom. The summed E-state index contributed by atoms with van der Waals surface area (Å²) in [4.78, 5) is 8.87. The second kappa shape index (κ2) is 7.47. The molecule has 0 aliphatic carbocycles. The van der Waals surface area contributed by atoms with Crippen molar-refractivity contribution < 1.29 is 18.3 Å². The van der Waals surface area contributed by atoms with Crippen LogP contribution in [0.25, 0.3) is 11.4 Å². The highest BCUT2D eigenvalue weighted by Crippen LogP contribution is 2.25. The molecule has 0 amide bonds. The smallest absolute Gasteiger partial charge is 0.220 e. The molecule has 134 valence electrons.